The fourth-order valence-corrected chi connectivity index (χ4v) is 6.49. The number of amides is 1. The summed E-state index contributed by atoms with van der Waals surface area (Å²) in [6.07, 6.45) is 5.01. The van der Waals surface area contributed by atoms with Gasteiger partial charge in [-0.1, -0.05) is 30.6 Å². The maximum atomic E-state index is 13.4. The Hall–Kier alpha value is -4.55. The summed E-state index contributed by atoms with van der Waals surface area (Å²) in [4.78, 5) is 39.8. The number of β-lactam (4-membered cyclic amide) rings is 1. The van der Waals surface area contributed by atoms with Gasteiger partial charge in [0.2, 0.25) is 18.2 Å². The van der Waals surface area contributed by atoms with Crippen LogP contribution in [0.1, 0.15) is 38.8 Å². The number of rotatable bonds is 15. The Morgan fingerprint density at radius 2 is 2.04 bits per heavy atom. The molecule has 1 fully saturated rings. The van der Waals surface area contributed by atoms with Gasteiger partial charge in [0, 0.05) is 11.8 Å². The average Bonchev–Trinajstić information content (AvgIpc) is 3.78. The Bertz CT molecular complexity index is 1800. The summed E-state index contributed by atoms with van der Waals surface area (Å²) in [5.41, 5.74) is 7.76. The molecule has 2 aromatic heterocycles. The predicted octanol–water partition coefficient (Wildman–Crippen LogP) is 2.42. The fourth-order valence-electron chi connectivity index (χ4n) is 5.01. The van der Waals surface area contributed by atoms with Gasteiger partial charge in [-0.2, -0.15) is 18.2 Å². The lowest BCUT2D eigenvalue weighted by Gasteiger charge is -2.41. The highest BCUT2D eigenvalue weighted by Crippen LogP contribution is 2.32. The summed E-state index contributed by atoms with van der Waals surface area (Å²) < 4.78 is 42.8. The number of nitrogen functional groups attached to an aromatic ring is 1. The van der Waals surface area contributed by atoms with E-state index in [1.165, 1.54) is 12.3 Å². The summed E-state index contributed by atoms with van der Waals surface area (Å²) in [5, 5.41) is 13.6. The summed E-state index contributed by atoms with van der Waals surface area (Å²) in [7, 11) is -2.73. The number of nitrogens with zero attached hydrogens (tertiary/aromatic N) is 8. The number of oxime groups is 1. The number of Topliss-reactive ketones (excluding diaryl/α,β-unsaturated/α-hetero) is 1. The molecule has 2 aliphatic rings. The van der Waals surface area contributed by atoms with Gasteiger partial charge in [0.05, 0.1) is 30.3 Å². The van der Waals surface area contributed by atoms with E-state index in [1.807, 2.05) is 31.3 Å². The smallest absolute Gasteiger partial charge is 0.362 e. The molecule has 1 saturated heterocycles. The summed E-state index contributed by atoms with van der Waals surface area (Å²) in [6.45, 7) is 4.53. The molecule has 3 N–H and O–H groups in total. The van der Waals surface area contributed by atoms with Gasteiger partial charge in [0.25, 0.3) is 0 Å². The number of nitrogens with two attached hydrogens (primary N) is 1. The molecule has 1 aromatic carbocycles. The number of unbranched alkanes of at least 4 members (excludes halogenated alkanes) is 1. The first-order valence-corrected chi connectivity index (χ1v) is 16.7. The number of ether oxygens (including phenoxy) is 1. The number of hydrogen-bond acceptors (Lipinski definition) is 13. The molecule has 4 heterocycles. The molecule has 0 aliphatic carbocycles. The van der Waals surface area contributed by atoms with E-state index in [2.05, 4.69) is 54.0 Å². The number of benzene rings is 1. The van der Waals surface area contributed by atoms with Crippen molar-refractivity contribution in [1.82, 2.24) is 14.0 Å². The van der Waals surface area contributed by atoms with Gasteiger partial charge in [-0.3, -0.25) is 14.1 Å². The van der Waals surface area contributed by atoms with Crippen LogP contribution < -0.4 is 15.2 Å². The molecular weight excluding hydrogens is 638 g/mol. The zero-order valence-corrected chi connectivity index (χ0v) is 27.0. The highest BCUT2D eigenvalue weighted by atomic mass is 32.2. The predicted molar refractivity (Wildman–Crippen MR) is 168 cm³/mol. The number of aryl methyl sites for hydroxylation is 2. The maximum Gasteiger partial charge on any atom is 0.362 e. The van der Waals surface area contributed by atoms with Crippen LogP contribution in [0.5, 0.6) is 5.75 Å². The third-order valence-corrected chi connectivity index (χ3v) is 9.23. The molecule has 0 unspecified atom stereocenters. The second-order valence-electron chi connectivity index (χ2n) is 10.7. The second-order valence-corrected chi connectivity index (χ2v) is 12.9. The molecular formula is C28H34N9O7S2+. The lowest BCUT2D eigenvalue weighted by Crippen LogP contribution is -2.62. The van der Waals surface area contributed by atoms with Gasteiger partial charge in [0.15, 0.2) is 36.2 Å². The lowest BCUT2D eigenvalue weighted by molar-refractivity contribution is -0.753. The summed E-state index contributed by atoms with van der Waals surface area (Å²) >= 11 is 1.07. The van der Waals surface area contributed by atoms with E-state index in [0.29, 0.717) is 10.1 Å². The average molecular weight is 673 g/mol. The zero-order chi connectivity index (χ0) is 33.0. The summed E-state index contributed by atoms with van der Waals surface area (Å²) in [6, 6.07) is 6.63. The molecule has 3 atom stereocenters. The Morgan fingerprint density at radius 3 is 2.65 bits per heavy atom. The molecule has 1 amide bonds. The van der Waals surface area contributed by atoms with Crippen LogP contribution in [0, 0.1) is 5.92 Å². The standard InChI is InChI=1S/C28H33N9O7S2/c1-4-5-10-36-13-19(12-35(36)3)18-6-8-20(9-7-18)43-14-24(26-30-16-31-33-26)44-34-25(22-15-45-28(29)32-22)23(38)11-21-17(2)37(27(21)39)46(40,41)42/h6-9,12-13,15,17,21,24H,4-5,10-11,14,16H2,1-3H3,(H2-,29,32,40,41,42)/p+1/b34-25-/t17-,21-,24-/m0/s1. The Labute approximate surface area is 269 Å². The molecule has 3 aromatic rings. The number of aliphatic imine (C=N–C) groups is 1. The molecule has 2 aliphatic heterocycles. The van der Waals surface area contributed by atoms with E-state index in [4.69, 9.17) is 15.3 Å². The molecule has 0 spiro atoms. The van der Waals surface area contributed by atoms with E-state index in [0.717, 1.165) is 41.9 Å². The minimum atomic E-state index is -4.74. The van der Waals surface area contributed by atoms with Crippen LogP contribution in [0.4, 0.5) is 5.13 Å². The number of thiazole rings is 1. The first kappa shape index (κ1) is 32.8. The topological polar surface area (TPSA) is 207 Å². The molecule has 0 radical (unpaired) electrons. The van der Waals surface area contributed by atoms with Crippen molar-refractivity contribution >= 4 is 50.0 Å². The van der Waals surface area contributed by atoms with Crippen LogP contribution in [0.25, 0.3) is 11.1 Å². The molecule has 46 heavy (non-hydrogen) atoms. The van der Waals surface area contributed by atoms with Gasteiger partial charge in [-0.25, -0.2) is 14.3 Å². The van der Waals surface area contributed by atoms with Crippen molar-refractivity contribution in [2.45, 2.75) is 51.8 Å². The second kappa shape index (κ2) is 13.8. The van der Waals surface area contributed by atoms with Crippen molar-refractivity contribution in [2.75, 3.05) is 19.0 Å². The minimum absolute atomic E-state index is 0.0782. The van der Waals surface area contributed by atoms with Crippen molar-refractivity contribution in [2.24, 2.45) is 33.3 Å². The largest absolute Gasteiger partial charge is 0.489 e. The van der Waals surface area contributed by atoms with Crippen LogP contribution in [-0.2, 0) is 38.3 Å². The number of aromatic nitrogens is 3. The van der Waals surface area contributed by atoms with E-state index in [1.54, 1.807) is 0 Å². The third-order valence-electron chi connectivity index (χ3n) is 7.55. The Morgan fingerprint density at radius 1 is 1.28 bits per heavy atom. The van der Waals surface area contributed by atoms with Crippen molar-refractivity contribution in [3.8, 4) is 16.9 Å². The van der Waals surface area contributed by atoms with Crippen LogP contribution in [0.2, 0.25) is 0 Å². The SMILES string of the molecule is CCCCn1cc(-c2ccc(OC[C@H](O/N=C(\C(=O)C[C@@H]3C(=O)N(S(=O)(=O)O)[C@H]3C)c3csc(N)n3)C3=NCN=N3)cc2)c[n+]1C. The van der Waals surface area contributed by atoms with Crippen LogP contribution >= 0.6 is 11.3 Å². The van der Waals surface area contributed by atoms with Crippen LogP contribution in [-0.4, -0.2) is 75.6 Å². The first-order valence-electron chi connectivity index (χ1n) is 14.5. The van der Waals surface area contributed by atoms with E-state index in [-0.39, 0.29) is 35.6 Å². The number of amidine groups is 1. The molecule has 0 bridgehead atoms. The fraction of sp³-hybridized carbons (Fsp3) is 0.429. The highest BCUT2D eigenvalue weighted by Gasteiger charge is 2.51. The number of hydrogen-bond donors (Lipinski definition) is 2. The van der Waals surface area contributed by atoms with Gasteiger partial charge >= 0.3 is 10.3 Å². The quantitative estimate of drug-likeness (QED) is 0.0798. The summed E-state index contributed by atoms with van der Waals surface area (Å²) in [5.74, 6) is -1.79. The van der Waals surface area contributed by atoms with Gasteiger partial charge in [-0.15, -0.1) is 21.1 Å². The number of carbonyl (C=O) groups is 2. The van der Waals surface area contributed by atoms with Crippen molar-refractivity contribution < 1.29 is 36.8 Å². The normalized spacial score (nSPS) is 18.8. The highest BCUT2D eigenvalue weighted by molar-refractivity contribution is 7.84. The molecule has 5 rings (SSSR count). The molecule has 244 valence electrons. The number of carbonyl (C=O) groups excluding carboxylic acids is 2. The van der Waals surface area contributed by atoms with Crippen molar-refractivity contribution in [3.63, 3.8) is 0 Å². The molecule has 18 heteroatoms. The minimum Gasteiger partial charge on any atom is -0.489 e. The van der Waals surface area contributed by atoms with E-state index in [9.17, 15) is 22.6 Å². The number of anilines is 1. The lowest BCUT2D eigenvalue weighted by atomic mass is 9.86. The van der Waals surface area contributed by atoms with Gasteiger partial charge < -0.3 is 15.3 Å². The maximum absolute atomic E-state index is 13.4. The molecule has 16 nitrogen and oxygen atoms in total. The first-order chi connectivity index (χ1) is 22.0. The Balaban J connectivity index is 1.29. The monoisotopic (exact) mass is 672 g/mol. The van der Waals surface area contributed by atoms with Gasteiger partial charge in [0.1, 0.15) is 18.1 Å². The van der Waals surface area contributed by atoms with Crippen molar-refractivity contribution in [1.29, 1.82) is 0 Å². The Kier molecular flexibility index (Phi) is 9.88. The number of azo groups is 1. The van der Waals surface area contributed by atoms with Crippen molar-refractivity contribution in [3.05, 3.63) is 47.7 Å². The van der Waals surface area contributed by atoms with Crippen LogP contribution in [0.3, 0.4) is 0 Å². The van der Waals surface area contributed by atoms with E-state index >= 15 is 0 Å². The third kappa shape index (κ3) is 7.29. The van der Waals surface area contributed by atoms with Crippen LogP contribution in [0.15, 0.2) is 62.4 Å². The zero-order valence-electron chi connectivity index (χ0n) is 25.4. The number of ketones is 1. The van der Waals surface area contributed by atoms with Gasteiger partial charge in [-0.05, 0) is 31.0 Å². The van der Waals surface area contributed by atoms with E-state index < -0.39 is 46.5 Å². The molecule has 0 saturated carbocycles.